The zero-order chi connectivity index (χ0) is 24.1. The lowest BCUT2D eigenvalue weighted by Crippen LogP contribution is -2.38. The molecular formula is C20H19F3N4O3S3. The van der Waals surface area contributed by atoms with Crippen LogP contribution in [-0.4, -0.2) is 36.8 Å². The second-order valence-electron chi connectivity index (χ2n) is 6.64. The van der Waals surface area contributed by atoms with E-state index in [9.17, 15) is 26.4 Å². The molecular weight excluding hydrogens is 497 g/mol. The van der Waals surface area contributed by atoms with Crippen molar-refractivity contribution in [2.45, 2.75) is 28.8 Å². The van der Waals surface area contributed by atoms with Gasteiger partial charge in [-0.1, -0.05) is 54.3 Å². The van der Waals surface area contributed by atoms with E-state index in [4.69, 9.17) is 0 Å². The van der Waals surface area contributed by atoms with Crippen LogP contribution in [-0.2, 0) is 21.0 Å². The van der Waals surface area contributed by atoms with Crippen molar-refractivity contribution in [1.82, 2.24) is 10.2 Å². The minimum absolute atomic E-state index is 0.163. The number of hydrogen-bond donors (Lipinski definition) is 1. The molecule has 0 aliphatic rings. The molecule has 0 aliphatic carbocycles. The molecule has 0 atom stereocenters. The molecule has 0 unspecified atom stereocenters. The molecule has 1 amide bonds. The fraction of sp³-hybridized carbons (Fsp3) is 0.250. The minimum Gasteiger partial charge on any atom is -0.299 e. The normalized spacial score (nSPS) is 11.9. The van der Waals surface area contributed by atoms with Gasteiger partial charge in [-0.15, -0.1) is 10.2 Å². The second-order valence-corrected chi connectivity index (χ2v) is 10.8. The Kier molecular flexibility index (Phi) is 7.97. The lowest BCUT2D eigenvalue weighted by molar-refractivity contribution is -0.137. The lowest BCUT2D eigenvalue weighted by atomic mass is 10.2. The number of rotatable bonds is 9. The highest BCUT2D eigenvalue weighted by Gasteiger charge is 2.33. The number of amides is 1. The van der Waals surface area contributed by atoms with Gasteiger partial charge in [0.2, 0.25) is 11.0 Å². The van der Waals surface area contributed by atoms with E-state index < -0.39 is 34.2 Å². The highest BCUT2D eigenvalue weighted by Crippen LogP contribution is 2.33. The van der Waals surface area contributed by atoms with Crippen LogP contribution in [0.15, 0.2) is 63.8 Å². The summed E-state index contributed by atoms with van der Waals surface area (Å²) >= 11 is 2.59. The van der Waals surface area contributed by atoms with Gasteiger partial charge in [-0.3, -0.25) is 14.4 Å². The average molecular weight is 517 g/mol. The Morgan fingerprint density at radius 2 is 1.85 bits per heavy atom. The summed E-state index contributed by atoms with van der Waals surface area (Å²) in [7, 11) is -4.34. The SMILES string of the molecule is CCCSc1nnc(NC(=O)CN(c2cccc(C(F)(F)F)c2)S(=O)(=O)c2ccccc2)s1. The average Bonchev–Trinajstić information content (AvgIpc) is 3.23. The topological polar surface area (TPSA) is 92.3 Å². The molecule has 0 radical (unpaired) electrons. The number of sulfonamides is 1. The number of benzene rings is 2. The van der Waals surface area contributed by atoms with Gasteiger partial charge in [0, 0.05) is 5.75 Å². The molecule has 3 rings (SSSR count). The van der Waals surface area contributed by atoms with Gasteiger partial charge in [0.25, 0.3) is 10.0 Å². The molecule has 0 saturated heterocycles. The van der Waals surface area contributed by atoms with E-state index in [-0.39, 0.29) is 15.7 Å². The van der Waals surface area contributed by atoms with Crippen molar-refractivity contribution in [3.05, 3.63) is 60.2 Å². The molecule has 13 heteroatoms. The van der Waals surface area contributed by atoms with Crippen molar-refractivity contribution in [2.75, 3.05) is 21.9 Å². The fourth-order valence-corrected chi connectivity index (χ4v) is 5.80. The van der Waals surface area contributed by atoms with E-state index in [1.54, 1.807) is 6.07 Å². The summed E-state index contributed by atoms with van der Waals surface area (Å²) in [6.07, 6.45) is -3.76. The van der Waals surface area contributed by atoms with Gasteiger partial charge >= 0.3 is 6.18 Å². The van der Waals surface area contributed by atoms with E-state index in [1.165, 1.54) is 42.1 Å². The monoisotopic (exact) mass is 516 g/mol. The second kappa shape index (κ2) is 10.5. The molecule has 2 aromatic carbocycles. The van der Waals surface area contributed by atoms with Crippen LogP contribution in [0.5, 0.6) is 0 Å². The number of nitrogens with zero attached hydrogens (tertiary/aromatic N) is 3. The molecule has 176 valence electrons. The minimum atomic E-state index is -4.68. The van der Waals surface area contributed by atoms with Crippen LogP contribution < -0.4 is 9.62 Å². The number of hydrogen-bond acceptors (Lipinski definition) is 7. The lowest BCUT2D eigenvalue weighted by Gasteiger charge is -2.24. The van der Waals surface area contributed by atoms with E-state index in [1.807, 2.05) is 6.92 Å². The van der Waals surface area contributed by atoms with Crippen molar-refractivity contribution in [3.8, 4) is 0 Å². The zero-order valence-corrected chi connectivity index (χ0v) is 19.7. The standard InChI is InChI=1S/C20H19F3N4O3S3/c1-2-11-31-19-26-25-18(32-19)24-17(28)13-27(33(29,30)16-9-4-3-5-10-16)15-8-6-7-14(12-15)20(21,22)23/h3-10,12H,2,11,13H2,1H3,(H,24,25,28). The van der Waals surface area contributed by atoms with Crippen LogP contribution >= 0.6 is 23.1 Å². The van der Waals surface area contributed by atoms with Gasteiger partial charge in [0.15, 0.2) is 4.34 Å². The van der Waals surface area contributed by atoms with Crippen molar-refractivity contribution in [1.29, 1.82) is 0 Å². The zero-order valence-electron chi connectivity index (χ0n) is 17.2. The number of thioether (sulfide) groups is 1. The molecule has 1 N–H and O–H groups in total. The molecule has 3 aromatic rings. The predicted molar refractivity (Wildman–Crippen MR) is 122 cm³/mol. The molecule has 0 aliphatic heterocycles. The summed E-state index contributed by atoms with van der Waals surface area (Å²) in [6.45, 7) is 1.25. The third-order valence-corrected chi connectivity index (χ3v) is 8.13. The first-order valence-electron chi connectivity index (χ1n) is 9.62. The largest absolute Gasteiger partial charge is 0.416 e. The number of carbonyl (C=O) groups is 1. The molecule has 0 spiro atoms. The maximum atomic E-state index is 13.2. The first-order chi connectivity index (χ1) is 15.6. The smallest absolute Gasteiger partial charge is 0.299 e. The predicted octanol–water partition coefficient (Wildman–Crippen LogP) is 4.89. The number of anilines is 2. The van der Waals surface area contributed by atoms with Crippen LogP contribution in [0.25, 0.3) is 0 Å². The van der Waals surface area contributed by atoms with Crippen molar-refractivity contribution >= 4 is 49.8 Å². The molecule has 0 saturated carbocycles. The summed E-state index contributed by atoms with van der Waals surface area (Å²) in [5.41, 5.74) is -1.32. The number of halogens is 3. The highest BCUT2D eigenvalue weighted by atomic mass is 32.2. The third-order valence-electron chi connectivity index (χ3n) is 4.16. The summed E-state index contributed by atoms with van der Waals surface area (Å²) in [5.74, 6) is 0.0522. The Morgan fingerprint density at radius 3 is 2.52 bits per heavy atom. The maximum absolute atomic E-state index is 13.2. The van der Waals surface area contributed by atoms with Gasteiger partial charge in [0.1, 0.15) is 6.54 Å². The van der Waals surface area contributed by atoms with Crippen LogP contribution in [0, 0.1) is 0 Å². The number of carbonyl (C=O) groups excluding carboxylic acids is 1. The van der Waals surface area contributed by atoms with Crippen LogP contribution in [0.2, 0.25) is 0 Å². The Labute approximate surface area is 197 Å². The molecule has 7 nitrogen and oxygen atoms in total. The molecule has 1 aromatic heterocycles. The van der Waals surface area contributed by atoms with Gasteiger partial charge in [-0.05, 0) is 36.8 Å². The number of nitrogens with one attached hydrogen (secondary N) is 1. The number of aromatic nitrogens is 2. The van der Waals surface area contributed by atoms with E-state index in [0.29, 0.717) is 14.7 Å². The van der Waals surface area contributed by atoms with Gasteiger partial charge in [-0.25, -0.2) is 8.42 Å². The Balaban J connectivity index is 1.91. The van der Waals surface area contributed by atoms with Crippen molar-refractivity contribution in [2.24, 2.45) is 0 Å². The fourth-order valence-electron chi connectivity index (χ4n) is 2.67. The quantitative estimate of drug-likeness (QED) is 0.322. The van der Waals surface area contributed by atoms with E-state index in [0.717, 1.165) is 35.6 Å². The van der Waals surface area contributed by atoms with Crippen LogP contribution in [0.4, 0.5) is 24.0 Å². The maximum Gasteiger partial charge on any atom is 0.416 e. The Hall–Kier alpha value is -2.64. The third kappa shape index (κ3) is 6.45. The number of alkyl halides is 3. The summed E-state index contributed by atoms with van der Waals surface area (Å²) in [4.78, 5) is 12.5. The molecule has 33 heavy (non-hydrogen) atoms. The highest BCUT2D eigenvalue weighted by molar-refractivity contribution is 8.01. The Morgan fingerprint density at radius 1 is 1.12 bits per heavy atom. The van der Waals surface area contributed by atoms with Gasteiger partial charge in [0.05, 0.1) is 16.1 Å². The van der Waals surface area contributed by atoms with Crippen LogP contribution in [0.1, 0.15) is 18.9 Å². The molecule has 0 bridgehead atoms. The summed E-state index contributed by atoms with van der Waals surface area (Å²) in [6, 6.07) is 11.0. The first kappa shape index (κ1) is 25.0. The van der Waals surface area contributed by atoms with Crippen LogP contribution in [0.3, 0.4) is 0 Å². The van der Waals surface area contributed by atoms with E-state index in [2.05, 4.69) is 15.5 Å². The first-order valence-corrected chi connectivity index (χ1v) is 12.9. The molecule has 1 heterocycles. The van der Waals surface area contributed by atoms with E-state index >= 15 is 0 Å². The molecule has 0 fully saturated rings. The van der Waals surface area contributed by atoms with Gasteiger partial charge < -0.3 is 0 Å². The van der Waals surface area contributed by atoms with Gasteiger partial charge in [-0.2, -0.15) is 13.2 Å². The summed E-state index contributed by atoms with van der Waals surface area (Å²) < 4.78 is 67.4. The van der Waals surface area contributed by atoms with Crippen molar-refractivity contribution < 1.29 is 26.4 Å². The Bertz CT molecular complexity index is 1200. The van der Waals surface area contributed by atoms with Crippen molar-refractivity contribution in [3.63, 3.8) is 0 Å². The summed E-state index contributed by atoms with van der Waals surface area (Å²) in [5, 5.41) is 10.4.